The molecule has 0 saturated heterocycles. The molecule has 0 heterocycles. The summed E-state index contributed by atoms with van der Waals surface area (Å²) in [6, 6.07) is 9.87. The van der Waals surface area contributed by atoms with Crippen LogP contribution in [0.1, 0.15) is 5.56 Å². The highest BCUT2D eigenvalue weighted by atomic mass is 35.5. The Labute approximate surface area is 144 Å². The van der Waals surface area contributed by atoms with Gasteiger partial charge in [-0.3, -0.25) is 4.79 Å². The van der Waals surface area contributed by atoms with Gasteiger partial charge in [0, 0.05) is 11.8 Å². The molecule has 0 atom stereocenters. The number of carbonyl (C=O) groups is 1. The van der Waals surface area contributed by atoms with Crippen molar-refractivity contribution in [1.82, 2.24) is 4.72 Å². The summed E-state index contributed by atoms with van der Waals surface area (Å²) in [6.07, 6.45) is 2.80. The first-order valence-corrected chi connectivity index (χ1v) is 8.65. The highest BCUT2D eigenvalue weighted by Gasteiger charge is 2.09. The number of amides is 1. The molecule has 126 valence electrons. The number of sulfonamides is 1. The molecule has 0 spiro atoms. The van der Waals surface area contributed by atoms with Crippen LogP contribution >= 0.6 is 11.6 Å². The standard InChI is InChI=1S/C16H14ClFN2O3S/c1-19-24(22,23)13-6-2-11(3-7-13)4-9-16(21)20-12-5-8-15(18)14(17)10-12/h2-10,19H,1H3,(H,20,21)/b9-4+. The average molecular weight is 369 g/mol. The van der Waals surface area contributed by atoms with Crippen LogP contribution in [0.2, 0.25) is 5.02 Å². The molecule has 5 nitrogen and oxygen atoms in total. The van der Waals surface area contributed by atoms with Crippen LogP contribution in [0.15, 0.2) is 53.4 Å². The minimum atomic E-state index is -3.49. The van der Waals surface area contributed by atoms with Gasteiger partial charge in [0.25, 0.3) is 0 Å². The first kappa shape index (κ1) is 18.1. The topological polar surface area (TPSA) is 75.3 Å². The molecule has 0 bridgehead atoms. The molecule has 0 unspecified atom stereocenters. The highest BCUT2D eigenvalue weighted by molar-refractivity contribution is 7.89. The molecular formula is C16H14ClFN2O3S. The monoisotopic (exact) mass is 368 g/mol. The van der Waals surface area contributed by atoms with Crippen LogP contribution in [-0.4, -0.2) is 21.4 Å². The number of hydrogen-bond acceptors (Lipinski definition) is 3. The lowest BCUT2D eigenvalue weighted by Gasteiger charge is -2.04. The molecule has 0 fully saturated rings. The number of benzene rings is 2. The third-order valence-electron chi connectivity index (χ3n) is 3.07. The van der Waals surface area contributed by atoms with Crippen LogP contribution < -0.4 is 10.0 Å². The summed E-state index contributed by atoms with van der Waals surface area (Å²) < 4.78 is 38.5. The predicted octanol–water partition coefficient (Wildman–Crippen LogP) is 3.04. The third kappa shape index (κ3) is 4.64. The summed E-state index contributed by atoms with van der Waals surface area (Å²) >= 11 is 5.64. The van der Waals surface area contributed by atoms with Gasteiger partial charge in [-0.2, -0.15) is 0 Å². The number of rotatable bonds is 5. The summed E-state index contributed by atoms with van der Waals surface area (Å²) in [5.41, 5.74) is 1.02. The van der Waals surface area contributed by atoms with Gasteiger partial charge in [0.05, 0.1) is 9.92 Å². The zero-order valence-electron chi connectivity index (χ0n) is 12.6. The summed E-state index contributed by atoms with van der Waals surface area (Å²) in [4.78, 5) is 11.9. The second-order valence-electron chi connectivity index (χ2n) is 4.73. The van der Waals surface area contributed by atoms with Crippen molar-refractivity contribution in [3.8, 4) is 0 Å². The Balaban J connectivity index is 2.04. The molecule has 2 rings (SSSR count). The van der Waals surface area contributed by atoms with Gasteiger partial charge in [0.15, 0.2) is 0 Å². The Morgan fingerprint density at radius 1 is 1.17 bits per heavy atom. The minimum absolute atomic E-state index is 0.0851. The fourth-order valence-corrected chi connectivity index (χ4v) is 2.72. The Morgan fingerprint density at radius 3 is 2.42 bits per heavy atom. The van der Waals surface area contributed by atoms with Gasteiger partial charge < -0.3 is 5.32 Å². The van der Waals surface area contributed by atoms with Gasteiger partial charge in [0.2, 0.25) is 15.9 Å². The van der Waals surface area contributed by atoms with Gasteiger partial charge in [-0.1, -0.05) is 23.7 Å². The Morgan fingerprint density at radius 2 is 1.83 bits per heavy atom. The first-order chi connectivity index (χ1) is 11.3. The van der Waals surface area contributed by atoms with Crippen molar-refractivity contribution in [2.45, 2.75) is 4.90 Å². The van der Waals surface area contributed by atoms with E-state index >= 15 is 0 Å². The number of nitrogens with one attached hydrogen (secondary N) is 2. The van der Waals surface area contributed by atoms with E-state index in [1.165, 1.54) is 43.5 Å². The largest absolute Gasteiger partial charge is 0.322 e. The van der Waals surface area contributed by atoms with Crippen LogP contribution in [0.25, 0.3) is 6.08 Å². The number of hydrogen-bond donors (Lipinski definition) is 2. The van der Waals surface area contributed by atoms with Gasteiger partial charge in [-0.05, 0) is 49.0 Å². The number of carbonyl (C=O) groups excluding carboxylic acids is 1. The van der Waals surface area contributed by atoms with Crippen molar-refractivity contribution in [3.05, 3.63) is 64.9 Å². The van der Waals surface area contributed by atoms with Crippen molar-refractivity contribution in [1.29, 1.82) is 0 Å². The molecule has 0 aromatic heterocycles. The molecular weight excluding hydrogens is 355 g/mol. The molecule has 24 heavy (non-hydrogen) atoms. The van der Waals surface area contributed by atoms with E-state index in [1.807, 2.05) is 0 Å². The van der Waals surface area contributed by atoms with Gasteiger partial charge in [-0.25, -0.2) is 17.5 Å². The van der Waals surface area contributed by atoms with Gasteiger partial charge in [0.1, 0.15) is 5.82 Å². The summed E-state index contributed by atoms with van der Waals surface area (Å²) in [6.45, 7) is 0. The lowest BCUT2D eigenvalue weighted by atomic mass is 10.2. The predicted molar refractivity (Wildman–Crippen MR) is 91.8 cm³/mol. The zero-order valence-corrected chi connectivity index (χ0v) is 14.2. The maximum absolute atomic E-state index is 13.0. The van der Waals surface area contributed by atoms with E-state index in [-0.39, 0.29) is 9.92 Å². The molecule has 2 N–H and O–H groups in total. The Bertz CT molecular complexity index is 881. The molecule has 0 aliphatic rings. The van der Waals surface area contributed by atoms with E-state index in [0.717, 1.165) is 6.07 Å². The second-order valence-corrected chi connectivity index (χ2v) is 7.02. The van der Waals surface area contributed by atoms with Crippen molar-refractivity contribution in [2.24, 2.45) is 0 Å². The average Bonchev–Trinajstić information content (AvgIpc) is 2.57. The van der Waals surface area contributed by atoms with E-state index < -0.39 is 21.7 Å². The van der Waals surface area contributed by atoms with E-state index in [4.69, 9.17) is 11.6 Å². The van der Waals surface area contributed by atoms with E-state index in [2.05, 4.69) is 10.0 Å². The Kier molecular flexibility index (Phi) is 5.71. The lowest BCUT2D eigenvalue weighted by Crippen LogP contribution is -2.18. The Hall–Kier alpha value is -2.22. The summed E-state index contributed by atoms with van der Waals surface area (Å²) in [5, 5.41) is 2.46. The quantitative estimate of drug-likeness (QED) is 0.796. The zero-order chi connectivity index (χ0) is 17.7. The second kappa shape index (κ2) is 7.57. The molecule has 1 amide bonds. The van der Waals surface area contributed by atoms with E-state index in [9.17, 15) is 17.6 Å². The molecule has 0 aliphatic carbocycles. The molecule has 0 saturated carbocycles. The van der Waals surface area contributed by atoms with E-state index in [0.29, 0.717) is 11.3 Å². The summed E-state index contributed by atoms with van der Waals surface area (Å²) in [5.74, 6) is -0.994. The first-order valence-electron chi connectivity index (χ1n) is 6.79. The van der Waals surface area contributed by atoms with Gasteiger partial charge >= 0.3 is 0 Å². The fourth-order valence-electron chi connectivity index (χ4n) is 1.81. The SMILES string of the molecule is CNS(=O)(=O)c1ccc(/C=C/C(=O)Nc2ccc(F)c(Cl)c2)cc1. The van der Waals surface area contributed by atoms with Crippen molar-refractivity contribution < 1.29 is 17.6 Å². The maximum atomic E-state index is 13.0. The van der Waals surface area contributed by atoms with Crippen LogP contribution in [-0.2, 0) is 14.8 Å². The van der Waals surface area contributed by atoms with Crippen LogP contribution in [0.5, 0.6) is 0 Å². The third-order valence-corrected chi connectivity index (χ3v) is 4.79. The molecule has 0 radical (unpaired) electrons. The normalized spacial score (nSPS) is 11.6. The maximum Gasteiger partial charge on any atom is 0.248 e. The smallest absolute Gasteiger partial charge is 0.248 e. The van der Waals surface area contributed by atoms with Crippen molar-refractivity contribution >= 4 is 39.3 Å². The van der Waals surface area contributed by atoms with Crippen molar-refractivity contribution in [2.75, 3.05) is 12.4 Å². The molecule has 0 aliphatic heterocycles. The molecule has 2 aromatic carbocycles. The van der Waals surface area contributed by atoms with Crippen LogP contribution in [0.3, 0.4) is 0 Å². The van der Waals surface area contributed by atoms with Crippen LogP contribution in [0.4, 0.5) is 10.1 Å². The van der Waals surface area contributed by atoms with Crippen LogP contribution in [0, 0.1) is 5.82 Å². The summed E-state index contributed by atoms with van der Waals surface area (Å²) in [7, 11) is -2.16. The van der Waals surface area contributed by atoms with E-state index in [1.54, 1.807) is 12.1 Å². The van der Waals surface area contributed by atoms with Crippen molar-refractivity contribution in [3.63, 3.8) is 0 Å². The van der Waals surface area contributed by atoms with Gasteiger partial charge in [-0.15, -0.1) is 0 Å². The minimum Gasteiger partial charge on any atom is -0.322 e. The number of halogens is 2. The molecule has 8 heteroatoms. The highest BCUT2D eigenvalue weighted by Crippen LogP contribution is 2.19. The lowest BCUT2D eigenvalue weighted by molar-refractivity contribution is -0.111. The fraction of sp³-hybridized carbons (Fsp3) is 0.0625. The number of anilines is 1. The molecule has 2 aromatic rings.